The molecule has 0 radical (unpaired) electrons. The number of carbonyl (C=O) groups is 1. The number of aromatic carboxylic acids is 1. The number of carboxylic acid groups (broad SMARTS) is 1. The van der Waals surface area contributed by atoms with Crippen LogP contribution in [0.5, 0.6) is 5.75 Å². The van der Waals surface area contributed by atoms with Crippen LogP contribution in [0.4, 0.5) is 0 Å². The number of aromatic nitrogens is 2. The number of carboxylic acids is 1. The lowest BCUT2D eigenvalue weighted by Crippen LogP contribution is -2.07. The minimum Gasteiger partial charge on any atom is -0.497 e. The van der Waals surface area contributed by atoms with E-state index in [4.69, 9.17) is 9.84 Å². The van der Waals surface area contributed by atoms with Crippen LogP contribution in [0.2, 0.25) is 0 Å². The van der Waals surface area contributed by atoms with E-state index in [1.54, 1.807) is 17.9 Å². The van der Waals surface area contributed by atoms with Crippen LogP contribution in [-0.2, 0) is 13.0 Å². The molecule has 5 heteroatoms. The largest absolute Gasteiger partial charge is 0.497 e. The van der Waals surface area contributed by atoms with Gasteiger partial charge in [-0.15, -0.1) is 0 Å². The lowest BCUT2D eigenvalue weighted by molar-refractivity contribution is 0.0689. The maximum absolute atomic E-state index is 10.9. The highest BCUT2D eigenvalue weighted by molar-refractivity contribution is 5.85. The summed E-state index contributed by atoms with van der Waals surface area (Å²) in [5, 5.41) is 13.1. The number of hydrogen-bond acceptors (Lipinski definition) is 3. The van der Waals surface area contributed by atoms with Crippen LogP contribution in [-0.4, -0.2) is 28.0 Å². The molecule has 0 aliphatic rings. The van der Waals surface area contributed by atoms with Crippen molar-refractivity contribution in [3.05, 3.63) is 47.3 Å². The minimum atomic E-state index is -0.997. The molecule has 0 amide bonds. The van der Waals surface area contributed by atoms with Gasteiger partial charge in [0.1, 0.15) is 5.75 Å². The molecule has 0 saturated heterocycles. The molecule has 1 N–H and O–H groups in total. The Morgan fingerprint density at radius 2 is 2.05 bits per heavy atom. The molecule has 0 bridgehead atoms. The fourth-order valence-electron chi connectivity index (χ4n) is 1.89. The van der Waals surface area contributed by atoms with Crippen LogP contribution in [0.1, 0.15) is 28.7 Å². The summed E-state index contributed by atoms with van der Waals surface area (Å²) in [6.07, 6.45) is 0.746. The molecule has 2 aromatic rings. The molecule has 5 nitrogen and oxygen atoms in total. The van der Waals surface area contributed by atoms with Crippen molar-refractivity contribution in [3.63, 3.8) is 0 Å². The van der Waals surface area contributed by atoms with Crippen molar-refractivity contribution in [1.82, 2.24) is 9.78 Å². The number of rotatable bonds is 5. The summed E-state index contributed by atoms with van der Waals surface area (Å²) in [5.74, 6) is -0.200. The first kappa shape index (κ1) is 13.1. The Balaban J connectivity index is 2.23. The summed E-state index contributed by atoms with van der Waals surface area (Å²) >= 11 is 0. The monoisotopic (exact) mass is 260 g/mol. The summed E-state index contributed by atoms with van der Waals surface area (Å²) in [7, 11) is 1.62. The Morgan fingerprint density at radius 3 is 2.58 bits per heavy atom. The number of ether oxygens (including phenoxy) is 1. The smallest absolute Gasteiger partial charge is 0.356 e. The third-order valence-electron chi connectivity index (χ3n) is 2.94. The summed E-state index contributed by atoms with van der Waals surface area (Å²) in [6.45, 7) is 2.54. The molecule has 0 unspecified atom stereocenters. The molecule has 0 fully saturated rings. The molecule has 2 rings (SSSR count). The van der Waals surface area contributed by atoms with Crippen molar-refractivity contribution in [1.29, 1.82) is 0 Å². The Morgan fingerprint density at radius 1 is 1.37 bits per heavy atom. The van der Waals surface area contributed by atoms with E-state index in [2.05, 4.69) is 5.10 Å². The standard InChI is InChI=1S/C14H16N2O3/c1-3-11-8-13(14(17)18)15-16(11)9-10-4-6-12(19-2)7-5-10/h4-8H,3,9H2,1-2H3,(H,17,18). The fourth-order valence-corrected chi connectivity index (χ4v) is 1.89. The van der Waals surface area contributed by atoms with E-state index in [9.17, 15) is 4.79 Å². The molecular formula is C14H16N2O3. The van der Waals surface area contributed by atoms with E-state index in [1.165, 1.54) is 0 Å². The average Bonchev–Trinajstić information content (AvgIpc) is 2.83. The van der Waals surface area contributed by atoms with Gasteiger partial charge in [0.25, 0.3) is 0 Å². The first-order chi connectivity index (χ1) is 9.13. The van der Waals surface area contributed by atoms with E-state index >= 15 is 0 Å². The first-order valence-electron chi connectivity index (χ1n) is 6.07. The van der Waals surface area contributed by atoms with E-state index in [-0.39, 0.29) is 5.69 Å². The topological polar surface area (TPSA) is 64.3 Å². The third kappa shape index (κ3) is 2.93. The second kappa shape index (κ2) is 5.56. The van der Waals surface area contributed by atoms with Crippen LogP contribution < -0.4 is 4.74 Å². The van der Waals surface area contributed by atoms with E-state index in [0.29, 0.717) is 6.54 Å². The molecule has 0 spiro atoms. The van der Waals surface area contributed by atoms with Gasteiger partial charge in [0.15, 0.2) is 5.69 Å². The summed E-state index contributed by atoms with van der Waals surface area (Å²) in [5.41, 5.74) is 2.05. The normalized spacial score (nSPS) is 10.4. The maximum atomic E-state index is 10.9. The zero-order valence-electron chi connectivity index (χ0n) is 11.0. The van der Waals surface area contributed by atoms with Crippen LogP contribution in [0.25, 0.3) is 0 Å². The number of hydrogen-bond donors (Lipinski definition) is 1. The van der Waals surface area contributed by atoms with Crippen molar-refractivity contribution in [3.8, 4) is 5.75 Å². The van der Waals surface area contributed by atoms with Gasteiger partial charge in [0, 0.05) is 5.69 Å². The van der Waals surface area contributed by atoms with Gasteiger partial charge < -0.3 is 9.84 Å². The lowest BCUT2D eigenvalue weighted by atomic mass is 10.2. The molecule has 0 saturated carbocycles. The molecule has 1 aromatic heterocycles. The SMILES string of the molecule is CCc1cc(C(=O)O)nn1Cc1ccc(OC)cc1. The second-order valence-electron chi connectivity index (χ2n) is 4.19. The second-order valence-corrected chi connectivity index (χ2v) is 4.19. The molecular weight excluding hydrogens is 244 g/mol. The van der Waals surface area contributed by atoms with Crippen LogP contribution in [0, 0.1) is 0 Å². The van der Waals surface area contributed by atoms with Gasteiger partial charge in [-0.3, -0.25) is 4.68 Å². The van der Waals surface area contributed by atoms with Gasteiger partial charge in [-0.25, -0.2) is 4.79 Å². The predicted molar refractivity (Wildman–Crippen MR) is 70.7 cm³/mol. The quantitative estimate of drug-likeness (QED) is 0.895. The van der Waals surface area contributed by atoms with Gasteiger partial charge in [-0.1, -0.05) is 19.1 Å². The molecule has 0 atom stereocenters. The van der Waals surface area contributed by atoms with Crippen molar-refractivity contribution >= 4 is 5.97 Å². The molecule has 1 heterocycles. The van der Waals surface area contributed by atoms with Gasteiger partial charge in [0.05, 0.1) is 13.7 Å². The number of nitrogens with zero attached hydrogens (tertiary/aromatic N) is 2. The highest BCUT2D eigenvalue weighted by atomic mass is 16.5. The van der Waals surface area contributed by atoms with Crippen molar-refractivity contribution in [2.45, 2.75) is 19.9 Å². The zero-order valence-corrected chi connectivity index (χ0v) is 11.0. The van der Waals surface area contributed by atoms with Gasteiger partial charge in [-0.05, 0) is 30.2 Å². The highest BCUT2D eigenvalue weighted by Gasteiger charge is 2.12. The fraction of sp³-hybridized carbons (Fsp3) is 0.286. The lowest BCUT2D eigenvalue weighted by Gasteiger charge is -2.06. The molecule has 0 aliphatic carbocycles. The molecule has 100 valence electrons. The highest BCUT2D eigenvalue weighted by Crippen LogP contribution is 2.14. The van der Waals surface area contributed by atoms with Crippen LogP contribution >= 0.6 is 0 Å². The van der Waals surface area contributed by atoms with Gasteiger partial charge in [0.2, 0.25) is 0 Å². The number of methoxy groups -OCH3 is 1. The first-order valence-corrected chi connectivity index (χ1v) is 6.07. The maximum Gasteiger partial charge on any atom is 0.356 e. The molecule has 19 heavy (non-hydrogen) atoms. The van der Waals surface area contributed by atoms with E-state index in [1.807, 2.05) is 31.2 Å². The average molecular weight is 260 g/mol. The van der Waals surface area contributed by atoms with Crippen LogP contribution in [0.3, 0.4) is 0 Å². The summed E-state index contributed by atoms with van der Waals surface area (Å²) in [6, 6.07) is 9.26. The number of benzene rings is 1. The minimum absolute atomic E-state index is 0.0883. The predicted octanol–water partition coefficient (Wildman–Crippen LogP) is 2.20. The van der Waals surface area contributed by atoms with Crippen molar-refractivity contribution < 1.29 is 14.6 Å². The number of aryl methyl sites for hydroxylation is 1. The summed E-state index contributed by atoms with van der Waals surface area (Å²) in [4.78, 5) is 10.9. The zero-order chi connectivity index (χ0) is 13.8. The van der Waals surface area contributed by atoms with E-state index < -0.39 is 5.97 Å². The molecule has 1 aromatic carbocycles. The van der Waals surface area contributed by atoms with Gasteiger partial charge in [-0.2, -0.15) is 5.10 Å². The Labute approximate surface area is 111 Å². The Kier molecular flexibility index (Phi) is 3.85. The molecule has 0 aliphatic heterocycles. The van der Waals surface area contributed by atoms with Crippen molar-refractivity contribution in [2.75, 3.05) is 7.11 Å². The van der Waals surface area contributed by atoms with Crippen molar-refractivity contribution in [2.24, 2.45) is 0 Å². The third-order valence-corrected chi connectivity index (χ3v) is 2.94. The summed E-state index contributed by atoms with van der Waals surface area (Å²) < 4.78 is 6.83. The van der Waals surface area contributed by atoms with Crippen LogP contribution in [0.15, 0.2) is 30.3 Å². The Bertz CT molecular complexity index is 573. The Hall–Kier alpha value is -2.30. The van der Waals surface area contributed by atoms with Gasteiger partial charge >= 0.3 is 5.97 Å². The van der Waals surface area contributed by atoms with E-state index in [0.717, 1.165) is 23.4 Å².